The third-order valence-corrected chi connectivity index (χ3v) is 7.60. The van der Waals surface area contributed by atoms with Crippen LogP contribution in [0.2, 0.25) is 0 Å². The molecule has 0 aliphatic carbocycles. The van der Waals surface area contributed by atoms with Gasteiger partial charge in [-0.1, -0.05) is 0 Å². The maximum Gasteiger partial charge on any atom is 0.241 e. The highest BCUT2D eigenvalue weighted by molar-refractivity contribution is 7.89. The number of rotatable bonds is 5. The van der Waals surface area contributed by atoms with Crippen molar-refractivity contribution in [2.75, 3.05) is 19.6 Å². The number of nitrogens with one attached hydrogen (secondary N) is 1. The number of piperidine rings is 1. The van der Waals surface area contributed by atoms with Crippen molar-refractivity contribution in [1.82, 2.24) is 9.62 Å². The highest BCUT2D eigenvalue weighted by atomic mass is 32.2. The van der Waals surface area contributed by atoms with E-state index >= 15 is 0 Å². The molecule has 2 rings (SSSR count). The summed E-state index contributed by atoms with van der Waals surface area (Å²) in [6.07, 6.45) is 1.50. The lowest BCUT2D eigenvalue weighted by atomic mass is 9.95. The molecule has 7 heteroatoms. The Morgan fingerprint density at radius 1 is 1.04 bits per heavy atom. The van der Waals surface area contributed by atoms with Crippen molar-refractivity contribution in [3.8, 4) is 6.07 Å². The maximum absolute atomic E-state index is 12.9. The molecular weight excluding hydrogens is 362 g/mol. The first kappa shape index (κ1) is 21.4. The Morgan fingerprint density at radius 3 is 2.00 bits per heavy atom. The summed E-state index contributed by atoms with van der Waals surface area (Å²) in [4.78, 5) is 14.4. The molecule has 0 spiro atoms. The van der Waals surface area contributed by atoms with Gasteiger partial charge in [0, 0.05) is 32.0 Å². The van der Waals surface area contributed by atoms with Crippen LogP contribution < -0.4 is 4.72 Å². The lowest BCUT2D eigenvalue weighted by Gasteiger charge is -2.29. The average Bonchev–Trinajstić information content (AvgIpc) is 2.64. The topological polar surface area (TPSA) is 90.3 Å². The number of nitriles is 1. The van der Waals surface area contributed by atoms with Crippen LogP contribution in [0.5, 0.6) is 0 Å². The van der Waals surface area contributed by atoms with E-state index in [1.807, 2.05) is 34.6 Å². The number of carbonyl (C=O) groups excluding carboxylic acids is 1. The van der Waals surface area contributed by atoms with Crippen LogP contribution >= 0.6 is 0 Å². The summed E-state index contributed by atoms with van der Waals surface area (Å²) in [5, 5.41) is 8.93. The molecule has 1 N–H and O–H groups in total. The summed E-state index contributed by atoms with van der Waals surface area (Å²) in [5.74, 6) is -0.0506. The van der Waals surface area contributed by atoms with Crippen LogP contribution in [0, 0.1) is 51.9 Å². The van der Waals surface area contributed by atoms with Crippen molar-refractivity contribution < 1.29 is 13.2 Å². The predicted octanol–water partition coefficient (Wildman–Crippen LogP) is 2.66. The minimum Gasteiger partial charge on any atom is -0.343 e. The largest absolute Gasteiger partial charge is 0.343 e. The van der Waals surface area contributed by atoms with E-state index in [0.29, 0.717) is 30.8 Å². The van der Waals surface area contributed by atoms with Crippen LogP contribution in [0.15, 0.2) is 4.90 Å². The maximum atomic E-state index is 12.9. The van der Waals surface area contributed by atoms with Gasteiger partial charge in [0.25, 0.3) is 0 Å². The molecule has 6 nitrogen and oxygen atoms in total. The molecule has 0 radical (unpaired) electrons. The Balaban J connectivity index is 2.04. The molecule has 1 saturated heterocycles. The lowest BCUT2D eigenvalue weighted by molar-refractivity contribution is -0.132. The smallest absolute Gasteiger partial charge is 0.241 e. The molecule has 1 aliphatic rings. The normalized spacial score (nSPS) is 15.6. The van der Waals surface area contributed by atoms with Crippen LogP contribution in [0.1, 0.15) is 47.1 Å². The molecule has 0 atom stereocenters. The van der Waals surface area contributed by atoms with Gasteiger partial charge >= 0.3 is 0 Å². The van der Waals surface area contributed by atoms with Gasteiger partial charge in [-0.3, -0.25) is 4.79 Å². The first-order chi connectivity index (χ1) is 12.6. The number of benzene rings is 1. The van der Waals surface area contributed by atoms with Crippen LogP contribution in [0.3, 0.4) is 0 Å². The zero-order valence-electron chi connectivity index (χ0n) is 16.8. The van der Waals surface area contributed by atoms with Crippen molar-refractivity contribution in [3.63, 3.8) is 0 Å². The molecule has 1 aromatic rings. The summed E-state index contributed by atoms with van der Waals surface area (Å²) in [5.41, 5.74) is 4.59. The highest BCUT2D eigenvalue weighted by Crippen LogP contribution is 2.29. The van der Waals surface area contributed by atoms with Gasteiger partial charge in [-0.2, -0.15) is 5.26 Å². The number of carbonyl (C=O) groups is 1. The van der Waals surface area contributed by atoms with Gasteiger partial charge in [-0.15, -0.1) is 0 Å². The minimum absolute atomic E-state index is 0.0199. The minimum atomic E-state index is -3.69. The van der Waals surface area contributed by atoms with Crippen molar-refractivity contribution in [3.05, 3.63) is 27.8 Å². The van der Waals surface area contributed by atoms with E-state index in [4.69, 9.17) is 5.26 Å². The van der Waals surface area contributed by atoms with E-state index in [1.54, 1.807) is 4.90 Å². The molecule has 1 amide bonds. The van der Waals surface area contributed by atoms with Gasteiger partial charge in [0.2, 0.25) is 15.9 Å². The fourth-order valence-electron chi connectivity index (χ4n) is 3.65. The van der Waals surface area contributed by atoms with Gasteiger partial charge < -0.3 is 4.90 Å². The molecule has 0 unspecified atom stereocenters. The number of hydrogen-bond acceptors (Lipinski definition) is 4. The molecule has 0 bridgehead atoms. The highest BCUT2D eigenvalue weighted by Gasteiger charge is 2.25. The standard InChI is InChI=1S/C20H29N3O3S/c1-13-14(2)16(4)20(17(5)15(13)3)27(25,26)22-9-6-19(24)23-10-7-18(12-21)8-11-23/h18,22H,6-11H2,1-5H3. The fourth-order valence-corrected chi connectivity index (χ4v) is 5.28. The number of hydrogen-bond donors (Lipinski definition) is 1. The average molecular weight is 392 g/mol. The van der Waals surface area contributed by atoms with Crippen LogP contribution in [-0.4, -0.2) is 38.9 Å². The Bertz CT molecular complexity index is 848. The lowest BCUT2D eigenvalue weighted by Crippen LogP contribution is -2.40. The van der Waals surface area contributed by atoms with Crippen LogP contribution in [0.25, 0.3) is 0 Å². The molecule has 1 heterocycles. The summed E-state index contributed by atoms with van der Waals surface area (Å²) in [6, 6.07) is 2.24. The van der Waals surface area contributed by atoms with E-state index in [9.17, 15) is 13.2 Å². The number of amides is 1. The Hall–Kier alpha value is -1.91. The van der Waals surface area contributed by atoms with Crippen molar-refractivity contribution in [2.24, 2.45) is 5.92 Å². The first-order valence-electron chi connectivity index (χ1n) is 9.34. The predicted molar refractivity (Wildman–Crippen MR) is 105 cm³/mol. The van der Waals surface area contributed by atoms with Crippen LogP contribution in [-0.2, 0) is 14.8 Å². The van der Waals surface area contributed by atoms with E-state index in [1.165, 1.54) is 0 Å². The van der Waals surface area contributed by atoms with E-state index in [2.05, 4.69) is 10.8 Å². The van der Waals surface area contributed by atoms with Crippen molar-refractivity contribution in [1.29, 1.82) is 5.26 Å². The van der Waals surface area contributed by atoms with Crippen LogP contribution in [0.4, 0.5) is 0 Å². The third-order valence-electron chi connectivity index (χ3n) is 5.86. The molecule has 1 aromatic carbocycles. The summed E-state index contributed by atoms with van der Waals surface area (Å²) in [7, 11) is -3.69. The SMILES string of the molecule is Cc1c(C)c(C)c(S(=O)(=O)NCCC(=O)N2CCC(C#N)CC2)c(C)c1C. The van der Waals surface area contributed by atoms with E-state index in [-0.39, 0.29) is 24.8 Å². The van der Waals surface area contributed by atoms with Gasteiger partial charge in [-0.05, 0) is 75.3 Å². The van der Waals surface area contributed by atoms with Crippen molar-refractivity contribution in [2.45, 2.75) is 58.8 Å². The summed E-state index contributed by atoms with van der Waals surface area (Å²) < 4.78 is 28.3. The zero-order chi connectivity index (χ0) is 20.4. The molecular formula is C20H29N3O3S. The van der Waals surface area contributed by atoms with E-state index in [0.717, 1.165) is 27.8 Å². The Labute approximate surface area is 162 Å². The first-order valence-corrected chi connectivity index (χ1v) is 10.8. The number of likely N-dealkylation sites (tertiary alicyclic amines) is 1. The Kier molecular flexibility index (Phi) is 6.66. The second-order valence-electron chi connectivity index (χ2n) is 7.39. The molecule has 0 aromatic heterocycles. The Morgan fingerprint density at radius 2 is 1.52 bits per heavy atom. The van der Waals surface area contributed by atoms with Gasteiger partial charge in [-0.25, -0.2) is 13.1 Å². The quantitative estimate of drug-likeness (QED) is 0.835. The van der Waals surface area contributed by atoms with Gasteiger partial charge in [0.05, 0.1) is 11.0 Å². The monoisotopic (exact) mass is 391 g/mol. The fraction of sp³-hybridized carbons (Fsp3) is 0.600. The molecule has 0 saturated carbocycles. The number of sulfonamides is 1. The third kappa shape index (κ3) is 4.50. The van der Waals surface area contributed by atoms with Crippen molar-refractivity contribution >= 4 is 15.9 Å². The molecule has 27 heavy (non-hydrogen) atoms. The molecule has 1 fully saturated rings. The molecule has 1 aliphatic heterocycles. The second kappa shape index (κ2) is 8.41. The summed E-state index contributed by atoms with van der Waals surface area (Å²) >= 11 is 0. The summed E-state index contributed by atoms with van der Waals surface area (Å²) in [6.45, 7) is 10.7. The van der Waals surface area contributed by atoms with Gasteiger partial charge in [0.15, 0.2) is 0 Å². The second-order valence-corrected chi connectivity index (χ2v) is 9.09. The molecule has 148 valence electrons. The number of nitrogens with zero attached hydrogens (tertiary/aromatic N) is 2. The van der Waals surface area contributed by atoms with E-state index < -0.39 is 10.0 Å². The zero-order valence-corrected chi connectivity index (χ0v) is 17.7. The van der Waals surface area contributed by atoms with Gasteiger partial charge in [0.1, 0.15) is 0 Å².